The summed E-state index contributed by atoms with van der Waals surface area (Å²) in [5.74, 6) is -8.41. The summed E-state index contributed by atoms with van der Waals surface area (Å²) in [4.78, 5) is 139. The Hall–Kier alpha value is -8.00. The van der Waals surface area contributed by atoms with Crippen molar-refractivity contribution in [3.63, 3.8) is 0 Å². The van der Waals surface area contributed by atoms with Crippen LogP contribution in [0.4, 0.5) is 18.4 Å². The van der Waals surface area contributed by atoms with E-state index in [0.29, 0.717) is 61.2 Å². The Balaban J connectivity index is 0.000000218. The number of carbonyl (C=O) groups is 10. The minimum absolute atomic E-state index is 0.0240. The minimum Gasteiger partial charge on any atom is -0.479 e. The largest absolute Gasteiger partial charge is 0.479 e. The van der Waals surface area contributed by atoms with Gasteiger partial charge in [-0.25, -0.2) is 28.0 Å². The van der Waals surface area contributed by atoms with E-state index in [1.165, 1.54) is 31.7 Å². The van der Waals surface area contributed by atoms with Crippen LogP contribution < -0.4 is 10.6 Å². The van der Waals surface area contributed by atoms with Crippen LogP contribution in [0.25, 0.3) is 0 Å². The van der Waals surface area contributed by atoms with Crippen molar-refractivity contribution in [2.75, 3.05) is 46.1 Å². The molecule has 2 saturated carbocycles. The molecule has 10 atom stereocenters. The van der Waals surface area contributed by atoms with E-state index < -0.39 is 136 Å². The average molecular weight is 1290 g/mol. The van der Waals surface area contributed by atoms with Gasteiger partial charge in [0.15, 0.2) is 0 Å². The fourth-order valence-electron chi connectivity index (χ4n) is 12.9. The Morgan fingerprint density at radius 3 is 1.47 bits per heavy atom. The highest BCUT2D eigenvalue weighted by molar-refractivity contribution is 5.97. The van der Waals surface area contributed by atoms with Crippen LogP contribution in [0.3, 0.4) is 0 Å². The van der Waals surface area contributed by atoms with Crippen molar-refractivity contribution >= 4 is 59.7 Å². The molecule has 24 nitrogen and oxygen atoms in total. The van der Waals surface area contributed by atoms with E-state index in [0.717, 1.165) is 0 Å². The van der Waals surface area contributed by atoms with Crippen molar-refractivity contribution in [3.8, 4) is 0 Å². The van der Waals surface area contributed by atoms with Gasteiger partial charge in [-0.15, -0.1) is 0 Å². The second kappa shape index (κ2) is 28.5. The van der Waals surface area contributed by atoms with Crippen LogP contribution in [-0.4, -0.2) is 177 Å². The molecule has 2 aromatic rings. The van der Waals surface area contributed by atoms with Gasteiger partial charge in [0.1, 0.15) is 58.2 Å². The molecule has 26 heteroatoms. The van der Waals surface area contributed by atoms with Gasteiger partial charge in [-0.3, -0.25) is 38.6 Å². The van der Waals surface area contributed by atoms with Crippen molar-refractivity contribution in [2.24, 2.45) is 23.7 Å². The second-order valence-electron chi connectivity index (χ2n) is 26.8. The van der Waals surface area contributed by atoms with E-state index >= 15 is 0 Å². The van der Waals surface area contributed by atoms with Gasteiger partial charge in [0, 0.05) is 73.9 Å². The van der Waals surface area contributed by atoms with Crippen molar-refractivity contribution in [1.82, 2.24) is 30.2 Å². The van der Waals surface area contributed by atoms with E-state index in [1.807, 2.05) is 6.08 Å². The number of esters is 3. The lowest BCUT2D eigenvalue weighted by Crippen LogP contribution is -2.54. The fraction of sp³-hybridized carbons (Fsp3) is 0.606. The standard InChI is InChI=1S/C34H44FN3O9.C32H40FN3O9/c1-5-45-31(42)34-17-23(34)11-8-14-44-13-7-10-21(15-28(39)47-33(2,3)4)30(41)38-19-24(16-27(38)29(40)36-34)46-32(43)37-18-22-9-6-12-26(35)25(22)20-37;1-31(2,3)45-26(37)13-19-8-5-11-43-12-6-9-21-15-32(21,29(40)41)34-27(38)25-14-22(17-36(25)28(19)39)44-30(42)35-16-20-7-4-10-24(33)23(20)18-35/h6,8-9,11-12,21,23-24,27H,5,7,10,13-20H2,1-4H3,(H,36,40);4,6-7,9-10,19,21-22,25H,5,8,11-18H2,1-3H3,(H,34,38)(H,40,41)/b11-8-;9-6-/t21-,23-,24-,27+,34-;19-,21-,22-,25+,32-/m11/s1. The van der Waals surface area contributed by atoms with Gasteiger partial charge in [-0.05, 0) is 110 Å². The number of carbonyl (C=O) groups excluding carboxylic acids is 9. The number of rotatable bonds is 9. The lowest BCUT2D eigenvalue weighted by Gasteiger charge is -2.29. The van der Waals surface area contributed by atoms with Crippen LogP contribution in [0.15, 0.2) is 60.7 Å². The Bertz CT molecular complexity index is 3240. The minimum atomic E-state index is -1.53. The Morgan fingerprint density at radius 2 is 1.05 bits per heavy atom. The average Bonchev–Trinajstić information content (AvgIpc) is 1.59. The zero-order chi connectivity index (χ0) is 66.5. The number of benzene rings is 2. The molecule has 2 aliphatic carbocycles. The molecule has 0 spiro atoms. The highest BCUT2D eigenvalue weighted by Crippen LogP contribution is 2.47. The molecule has 4 fully saturated rings. The van der Waals surface area contributed by atoms with Crippen molar-refractivity contribution in [3.05, 3.63) is 94.6 Å². The van der Waals surface area contributed by atoms with Gasteiger partial charge >= 0.3 is 36.1 Å². The predicted octanol–water partition coefficient (Wildman–Crippen LogP) is 6.32. The number of carboxylic acids is 1. The van der Waals surface area contributed by atoms with Crippen molar-refractivity contribution in [2.45, 2.75) is 185 Å². The van der Waals surface area contributed by atoms with E-state index in [2.05, 4.69) is 10.6 Å². The first kappa shape index (κ1) is 68.4. The van der Waals surface area contributed by atoms with Crippen LogP contribution in [0.1, 0.15) is 135 Å². The van der Waals surface area contributed by atoms with Gasteiger partial charge in [0.05, 0.1) is 58.8 Å². The van der Waals surface area contributed by atoms with Crippen molar-refractivity contribution < 1.29 is 95.0 Å². The number of ether oxygens (including phenoxy) is 7. The summed E-state index contributed by atoms with van der Waals surface area (Å²) in [7, 11) is 0. The van der Waals surface area contributed by atoms with E-state index in [1.54, 1.807) is 91.0 Å². The zero-order valence-corrected chi connectivity index (χ0v) is 53.2. The Kier molecular flexibility index (Phi) is 21.2. The number of aliphatic carboxylic acids is 1. The van der Waals surface area contributed by atoms with Gasteiger partial charge in [-0.1, -0.05) is 48.6 Å². The summed E-state index contributed by atoms with van der Waals surface area (Å²) in [6.07, 6.45) is 5.30. The zero-order valence-electron chi connectivity index (χ0n) is 53.2. The molecule has 6 amide bonds. The molecule has 2 saturated heterocycles. The first-order chi connectivity index (χ1) is 43.6. The number of carboxylic acid groups (broad SMARTS) is 1. The number of hydrogen-bond acceptors (Lipinski definition) is 17. The molecule has 500 valence electrons. The number of amides is 6. The molecule has 6 aliphatic heterocycles. The molecule has 0 radical (unpaired) electrons. The first-order valence-electron chi connectivity index (χ1n) is 31.6. The van der Waals surface area contributed by atoms with E-state index in [-0.39, 0.29) is 104 Å². The lowest BCUT2D eigenvalue weighted by molar-refractivity contribution is -0.159. The summed E-state index contributed by atoms with van der Waals surface area (Å²) in [6.45, 7) is 13.5. The first-order valence-corrected chi connectivity index (χ1v) is 31.6. The fourth-order valence-corrected chi connectivity index (χ4v) is 12.9. The quantitative estimate of drug-likeness (QED) is 0.141. The van der Waals surface area contributed by atoms with Crippen LogP contribution in [0, 0.1) is 35.3 Å². The highest BCUT2D eigenvalue weighted by Gasteiger charge is 2.63. The smallest absolute Gasteiger partial charge is 0.410 e. The van der Waals surface area contributed by atoms with Crippen LogP contribution in [0.2, 0.25) is 0 Å². The monoisotopic (exact) mass is 1290 g/mol. The maximum Gasteiger partial charge on any atom is 0.410 e. The molecular weight excluding hydrogens is 1200 g/mol. The molecule has 0 aromatic heterocycles. The molecule has 8 aliphatic rings. The number of nitrogens with one attached hydrogen (secondary N) is 2. The molecule has 10 rings (SSSR count). The molecular formula is C66H84F2N6O18. The SMILES string of the molecule is CC(C)(C)OC(=O)C[C@H]1CCCOC/C=C\[C@@H]2C[C@@]2(C(=O)O)NC(=O)[C@@H]2C[C@@H](OC(=O)N3Cc4cccc(F)c4C3)CN2C1=O.CCOC(=O)[C@@]12C[C@H]1/C=C\COCCC[C@H](CC(=O)OC(C)(C)C)C(=O)N1C[C@H](OC(=O)N3Cc4cccc(F)c4C3)C[C@H]1C(=O)N2. The summed E-state index contributed by atoms with van der Waals surface area (Å²) in [5.41, 5.74) is -2.18. The van der Waals surface area contributed by atoms with Crippen LogP contribution in [-0.2, 0) is 97.7 Å². The third-order valence-electron chi connectivity index (χ3n) is 17.6. The maximum atomic E-state index is 14.3. The second-order valence-corrected chi connectivity index (χ2v) is 26.8. The highest BCUT2D eigenvalue weighted by atomic mass is 19.1. The number of nitrogens with zero attached hydrogens (tertiary/aromatic N) is 4. The van der Waals surface area contributed by atoms with Crippen LogP contribution in [0.5, 0.6) is 0 Å². The topological polar surface area (TPSA) is 293 Å². The van der Waals surface area contributed by atoms with E-state index in [9.17, 15) is 61.8 Å². The number of hydrogen-bond donors (Lipinski definition) is 3. The molecule has 6 heterocycles. The van der Waals surface area contributed by atoms with E-state index in [4.69, 9.17) is 33.2 Å². The predicted molar refractivity (Wildman–Crippen MR) is 321 cm³/mol. The van der Waals surface area contributed by atoms with Gasteiger partial charge in [-0.2, -0.15) is 0 Å². The maximum absolute atomic E-state index is 14.3. The third-order valence-corrected chi connectivity index (χ3v) is 17.6. The third kappa shape index (κ3) is 16.4. The van der Waals surface area contributed by atoms with Crippen LogP contribution >= 0.6 is 0 Å². The Morgan fingerprint density at radius 1 is 0.630 bits per heavy atom. The van der Waals surface area contributed by atoms with Gasteiger partial charge < -0.3 is 58.7 Å². The molecule has 0 bridgehead atoms. The normalized spacial score (nSPS) is 28.9. The summed E-state index contributed by atoms with van der Waals surface area (Å²) in [5, 5.41) is 15.5. The summed E-state index contributed by atoms with van der Waals surface area (Å²) >= 11 is 0. The molecule has 92 heavy (non-hydrogen) atoms. The summed E-state index contributed by atoms with van der Waals surface area (Å²) < 4.78 is 67.8. The molecule has 3 N–H and O–H groups in total. The van der Waals surface area contributed by atoms with Gasteiger partial charge in [0.2, 0.25) is 23.6 Å². The molecule has 2 aromatic carbocycles. The lowest BCUT2D eigenvalue weighted by atomic mass is 9.97. The van der Waals surface area contributed by atoms with Crippen molar-refractivity contribution in [1.29, 1.82) is 0 Å². The number of fused-ring (bicyclic) bond motifs is 6. The number of halogens is 2. The molecule has 0 unspecified atom stereocenters. The Labute approximate surface area is 532 Å². The summed E-state index contributed by atoms with van der Waals surface area (Å²) in [6, 6.07) is 7.05. The van der Waals surface area contributed by atoms with Gasteiger partial charge in [0.25, 0.3) is 0 Å².